The van der Waals surface area contributed by atoms with Crippen LogP contribution in [0.4, 0.5) is 17.6 Å². The zero-order chi connectivity index (χ0) is 13.1. The van der Waals surface area contributed by atoms with Crippen LogP contribution in [0.2, 0.25) is 0 Å². The predicted octanol–water partition coefficient (Wildman–Crippen LogP) is 2.35. The van der Waals surface area contributed by atoms with Gasteiger partial charge >= 0.3 is 12.1 Å². The van der Waals surface area contributed by atoms with E-state index in [2.05, 4.69) is 9.72 Å². The molecule has 0 saturated carbocycles. The van der Waals surface area contributed by atoms with Crippen molar-refractivity contribution in [2.75, 3.05) is 6.61 Å². The molecule has 0 aliphatic rings. The largest absolute Gasteiger partial charge is 0.466 e. The molecule has 17 heavy (non-hydrogen) atoms. The average molecular weight is 251 g/mol. The Morgan fingerprint density at radius 2 is 2.06 bits per heavy atom. The van der Waals surface area contributed by atoms with Gasteiger partial charge in [-0.2, -0.15) is 17.6 Å². The number of halogens is 4. The van der Waals surface area contributed by atoms with E-state index in [1.807, 2.05) is 0 Å². The van der Waals surface area contributed by atoms with Gasteiger partial charge in [-0.05, 0) is 24.6 Å². The quantitative estimate of drug-likeness (QED) is 0.470. The van der Waals surface area contributed by atoms with Crippen LogP contribution >= 0.6 is 0 Å². The van der Waals surface area contributed by atoms with Crippen molar-refractivity contribution in [3.8, 4) is 0 Å². The summed E-state index contributed by atoms with van der Waals surface area (Å²) in [6.45, 7) is 1.67. The zero-order valence-corrected chi connectivity index (χ0v) is 8.84. The first-order chi connectivity index (χ1) is 7.82. The van der Waals surface area contributed by atoms with Gasteiger partial charge < -0.3 is 4.74 Å². The first kappa shape index (κ1) is 13.4. The van der Waals surface area contributed by atoms with E-state index in [4.69, 9.17) is 0 Å². The molecule has 0 N–H and O–H groups in total. The van der Waals surface area contributed by atoms with E-state index in [-0.39, 0.29) is 12.2 Å². The molecule has 0 aliphatic carbocycles. The molecule has 0 radical (unpaired) electrons. The molecular weight excluding hydrogens is 242 g/mol. The van der Waals surface area contributed by atoms with Crippen molar-refractivity contribution in [1.82, 2.24) is 4.98 Å². The summed E-state index contributed by atoms with van der Waals surface area (Å²) in [5, 5.41) is 0. The highest BCUT2D eigenvalue weighted by Crippen LogP contribution is 2.28. The molecule has 0 unspecified atom stereocenters. The monoisotopic (exact) mass is 251 g/mol. The summed E-state index contributed by atoms with van der Waals surface area (Å²) >= 11 is 0. The Hall–Kier alpha value is -1.66. The second-order valence-corrected chi connectivity index (χ2v) is 3.16. The third kappa shape index (κ3) is 4.01. The zero-order valence-electron chi connectivity index (χ0n) is 8.84. The summed E-state index contributed by atoms with van der Waals surface area (Å²) in [6.07, 6.45) is -5.16. The summed E-state index contributed by atoms with van der Waals surface area (Å²) < 4.78 is 54.2. The third-order valence-corrected chi connectivity index (χ3v) is 1.80. The Morgan fingerprint density at radius 1 is 1.41 bits per heavy atom. The first-order valence-electron chi connectivity index (χ1n) is 4.72. The molecule has 0 aromatic carbocycles. The van der Waals surface area contributed by atoms with E-state index in [9.17, 15) is 22.4 Å². The number of rotatable bonds is 3. The van der Waals surface area contributed by atoms with Crippen LogP contribution in [0, 0.1) is 5.95 Å². The van der Waals surface area contributed by atoms with Crippen molar-refractivity contribution in [3.63, 3.8) is 0 Å². The summed E-state index contributed by atoms with van der Waals surface area (Å²) in [4.78, 5) is 13.8. The smallest absolute Gasteiger partial charge is 0.433 e. The molecule has 1 rings (SSSR count). The van der Waals surface area contributed by atoms with E-state index < -0.39 is 30.2 Å². The SMILES string of the molecule is CCOC(=O)Cc1cc(F)nc(C(F)(F)F)c1. The van der Waals surface area contributed by atoms with Gasteiger partial charge in [0.05, 0.1) is 13.0 Å². The molecule has 1 aromatic heterocycles. The third-order valence-electron chi connectivity index (χ3n) is 1.80. The van der Waals surface area contributed by atoms with E-state index in [1.54, 1.807) is 6.92 Å². The lowest BCUT2D eigenvalue weighted by molar-refractivity contribution is -0.143. The molecule has 94 valence electrons. The van der Waals surface area contributed by atoms with Gasteiger partial charge in [-0.1, -0.05) is 0 Å². The van der Waals surface area contributed by atoms with Crippen LogP contribution in [0.1, 0.15) is 18.2 Å². The predicted molar refractivity (Wildman–Crippen MR) is 49.5 cm³/mol. The lowest BCUT2D eigenvalue weighted by atomic mass is 10.1. The fourth-order valence-corrected chi connectivity index (χ4v) is 1.18. The number of hydrogen-bond acceptors (Lipinski definition) is 3. The number of alkyl halides is 3. The van der Waals surface area contributed by atoms with Crippen LogP contribution in [0.25, 0.3) is 0 Å². The van der Waals surface area contributed by atoms with Gasteiger partial charge in [0.1, 0.15) is 5.69 Å². The molecule has 0 spiro atoms. The summed E-state index contributed by atoms with van der Waals surface area (Å²) in [5.74, 6) is -2.00. The standard InChI is InChI=1S/C10H9F4NO2/c1-2-17-9(16)5-6-3-7(10(12,13)14)15-8(11)4-6/h3-4H,2,5H2,1H3. The van der Waals surface area contributed by atoms with Crippen molar-refractivity contribution in [3.05, 3.63) is 29.3 Å². The number of carbonyl (C=O) groups is 1. The van der Waals surface area contributed by atoms with E-state index in [0.717, 1.165) is 6.07 Å². The maximum atomic E-state index is 12.8. The van der Waals surface area contributed by atoms with Crippen LogP contribution in [-0.2, 0) is 22.1 Å². The fourth-order valence-electron chi connectivity index (χ4n) is 1.18. The highest BCUT2D eigenvalue weighted by atomic mass is 19.4. The van der Waals surface area contributed by atoms with Gasteiger partial charge in [-0.15, -0.1) is 0 Å². The molecule has 0 atom stereocenters. The van der Waals surface area contributed by atoms with Crippen molar-refractivity contribution in [1.29, 1.82) is 0 Å². The minimum Gasteiger partial charge on any atom is -0.466 e. The first-order valence-corrected chi connectivity index (χ1v) is 4.72. The summed E-state index contributed by atoms with van der Waals surface area (Å²) in [7, 11) is 0. The minimum absolute atomic E-state index is 0.110. The number of pyridine rings is 1. The Balaban J connectivity index is 2.94. The van der Waals surface area contributed by atoms with E-state index >= 15 is 0 Å². The fraction of sp³-hybridized carbons (Fsp3) is 0.400. The van der Waals surface area contributed by atoms with Gasteiger partial charge in [-0.25, -0.2) is 4.98 Å². The van der Waals surface area contributed by atoms with E-state index in [0.29, 0.717) is 6.07 Å². The van der Waals surface area contributed by atoms with Gasteiger partial charge in [0.25, 0.3) is 0 Å². The number of carbonyl (C=O) groups excluding carboxylic acids is 1. The van der Waals surface area contributed by atoms with Crippen LogP contribution in [-0.4, -0.2) is 17.6 Å². The number of aromatic nitrogens is 1. The summed E-state index contributed by atoms with van der Waals surface area (Å²) in [5.41, 5.74) is -1.49. The van der Waals surface area contributed by atoms with Crippen molar-refractivity contribution in [2.24, 2.45) is 0 Å². The molecule has 7 heteroatoms. The van der Waals surface area contributed by atoms with Crippen molar-refractivity contribution < 1.29 is 27.1 Å². The van der Waals surface area contributed by atoms with E-state index in [1.165, 1.54) is 0 Å². The Bertz CT molecular complexity index is 417. The maximum Gasteiger partial charge on any atom is 0.433 e. The topological polar surface area (TPSA) is 39.2 Å². The van der Waals surface area contributed by atoms with Gasteiger partial charge in [0.15, 0.2) is 0 Å². The lowest BCUT2D eigenvalue weighted by Crippen LogP contribution is -2.12. The Kier molecular flexibility index (Phi) is 4.03. The highest BCUT2D eigenvalue weighted by Gasteiger charge is 2.33. The Morgan fingerprint density at radius 3 is 2.59 bits per heavy atom. The second-order valence-electron chi connectivity index (χ2n) is 3.16. The minimum atomic E-state index is -4.74. The Labute approximate surface area is 94.4 Å². The van der Waals surface area contributed by atoms with Crippen molar-refractivity contribution in [2.45, 2.75) is 19.5 Å². The molecule has 0 aliphatic heterocycles. The molecule has 0 bridgehead atoms. The maximum absolute atomic E-state index is 12.8. The second kappa shape index (κ2) is 5.11. The van der Waals surface area contributed by atoms with Crippen LogP contribution < -0.4 is 0 Å². The normalized spacial score (nSPS) is 11.4. The number of hydrogen-bond donors (Lipinski definition) is 0. The van der Waals surface area contributed by atoms with Gasteiger partial charge in [0, 0.05) is 0 Å². The molecule has 3 nitrogen and oxygen atoms in total. The highest BCUT2D eigenvalue weighted by molar-refractivity contribution is 5.72. The van der Waals surface area contributed by atoms with Gasteiger partial charge in [-0.3, -0.25) is 4.79 Å². The lowest BCUT2D eigenvalue weighted by Gasteiger charge is -2.08. The number of nitrogens with zero attached hydrogens (tertiary/aromatic N) is 1. The van der Waals surface area contributed by atoms with Crippen molar-refractivity contribution >= 4 is 5.97 Å². The van der Waals surface area contributed by atoms with Gasteiger partial charge in [0.2, 0.25) is 5.95 Å². The van der Waals surface area contributed by atoms with Crippen LogP contribution in [0.3, 0.4) is 0 Å². The average Bonchev–Trinajstić information content (AvgIpc) is 2.15. The van der Waals surface area contributed by atoms with Crippen LogP contribution in [0.15, 0.2) is 12.1 Å². The number of ether oxygens (including phenoxy) is 1. The molecule has 1 heterocycles. The number of esters is 1. The molecule has 0 saturated heterocycles. The van der Waals surface area contributed by atoms with Crippen LogP contribution in [0.5, 0.6) is 0 Å². The molecule has 1 aromatic rings. The molecule has 0 fully saturated rings. The molecular formula is C10H9F4NO2. The molecule has 0 amide bonds. The summed E-state index contributed by atoms with van der Waals surface area (Å²) in [6, 6.07) is 1.40.